The molecule has 1 aromatic heterocycles. The molecule has 0 aliphatic carbocycles. The highest BCUT2D eigenvalue weighted by Gasteiger charge is 2.09. The van der Waals surface area contributed by atoms with E-state index in [9.17, 15) is 0 Å². The van der Waals surface area contributed by atoms with Gasteiger partial charge in [0, 0.05) is 6.42 Å². The minimum Gasteiger partial charge on any atom is -0.476 e. The van der Waals surface area contributed by atoms with E-state index in [1.165, 1.54) is 0 Å². The van der Waals surface area contributed by atoms with E-state index in [1.807, 2.05) is 6.92 Å². The van der Waals surface area contributed by atoms with Gasteiger partial charge in [0.05, 0.1) is 6.61 Å². The molecule has 0 aliphatic rings. The van der Waals surface area contributed by atoms with Crippen molar-refractivity contribution < 1.29 is 4.74 Å². The fourth-order valence-electron chi connectivity index (χ4n) is 1.09. The van der Waals surface area contributed by atoms with Gasteiger partial charge in [0.25, 0.3) is 0 Å². The summed E-state index contributed by atoms with van der Waals surface area (Å²) in [5.74, 6) is 1.37. The van der Waals surface area contributed by atoms with E-state index in [0.717, 1.165) is 12.8 Å². The van der Waals surface area contributed by atoms with Gasteiger partial charge in [-0.15, -0.1) is 0 Å². The number of anilines is 2. The number of nitrogen functional groups attached to an aromatic ring is 2. The number of hydrogen-bond acceptors (Lipinski definition) is 5. The molecule has 78 valence electrons. The molecule has 0 spiro atoms. The molecule has 0 saturated heterocycles. The van der Waals surface area contributed by atoms with Gasteiger partial charge in [-0.2, -0.15) is 4.98 Å². The molecule has 5 nitrogen and oxygen atoms in total. The Kier molecular flexibility index (Phi) is 3.50. The van der Waals surface area contributed by atoms with Gasteiger partial charge in [-0.25, -0.2) is 4.98 Å². The average molecular weight is 196 g/mol. The molecule has 0 unspecified atom stereocenters. The number of hydrogen-bond donors (Lipinski definition) is 2. The number of rotatable bonds is 4. The third-order valence-corrected chi connectivity index (χ3v) is 1.74. The van der Waals surface area contributed by atoms with Gasteiger partial charge in [-0.05, 0) is 13.3 Å². The molecule has 0 aliphatic heterocycles. The summed E-state index contributed by atoms with van der Waals surface area (Å²) in [7, 11) is 0. The molecule has 1 rings (SSSR count). The number of ether oxygens (including phenoxy) is 1. The van der Waals surface area contributed by atoms with Crippen LogP contribution in [0.2, 0.25) is 0 Å². The Morgan fingerprint density at radius 1 is 1.21 bits per heavy atom. The Bertz CT molecular complexity index is 314. The molecule has 14 heavy (non-hydrogen) atoms. The van der Waals surface area contributed by atoms with Crippen LogP contribution in [-0.2, 0) is 6.42 Å². The summed E-state index contributed by atoms with van der Waals surface area (Å²) in [6.07, 6.45) is 1.75. The SMILES string of the molecule is CCCc1nc(N)c(N)c(OCC)n1. The standard InChI is InChI=1S/C9H16N4O/c1-3-5-6-12-8(11)7(10)9(13-6)14-4-2/h3-5,10H2,1-2H3,(H2,11,12,13). The van der Waals surface area contributed by atoms with Crippen molar-refractivity contribution in [1.82, 2.24) is 9.97 Å². The summed E-state index contributed by atoms with van der Waals surface area (Å²) < 4.78 is 5.25. The Morgan fingerprint density at radius 3 is 2.50 bits per heavy atom. The van der Waals surface area contributed by atoms with Crippen molar-refractivity contribution >= 4 is 11.5 Å². The first-order valence-corrected chi connectivity index (χ1v) is 4.73. The average Bonchev–Trinajstić information content (AvgIpc) is 2.14. The second-order valence-electron chi connectivity index (χ2n) is 2.93. The van der Waals surface area contributed by atoms with Crippen LogP contribution in [0.4, 0.5) is 11.5 Å². The van der Waals surface area contributed by atoms with E-state index in [4.69, 9.17) is 16.2 Å². The summed E-state index contributed by atoms with van der Waals surface area (Å²) in [6, 6.07) is 0. The van der Waals surface area contributed by atoms with Crippen LogP contribution in [-0.4, -0.2) is 16.6 Å². The summed E-state index contributed by atoms with van der Waals surface area (Å²) in [5.41, 5.74) is 11.6. The predicted molar refractivity (Wildman–Crippen MR) is 56.0 cm³/mol. The number of aryl methyl sites for hydroxylation is 1. The molecule has 0 amide bonds. The topological polar surface area (TPSA) is 87.0 Å². The Labute approximate surface area is 83.5 Å². The largest absolute Gasteiger partial charge is 0.476 e. The minimum absolute atomic E-state index is 0.298. The van der Waals surface area contributed by atoms with Crippen LogP contribution in [0.25, 0.3) is 0 Å². The van der Waals surface area contributed by atoms with Crippen LogP contribution in [0.3, 0.4) is 0 Å². The fourth-order valence-corrected chi connectivity index (χ4v) is 1.09. The van der Waals surface area contributed by atoms with Gasteiger partial charge in [0.1, 0.15) is 11.5 Å². The van der Waals surface area contributed by atoms with Gasteiger partial charge in [-0.3, -0.25) is 0 Å². The zero-order valence-electron chi connectivity index (χ0n) is 8.58. The second-order valence-corrected chi connectivity index (χ2v) is 2.93. The van der Waals surface area contributed by atoms with E-state index in [2.05, 4.69) is 16.9 Å². The quantitative estimate of drug-likeness (QED) is 0.749. The zero-order chi connectivity index (χ0) is 10.6. The minimum atomic E-state index is 0.298. The lowest BCUT2D eigenvalue weighted by atomic mass is 10.3. The molecule has 0 bridgehead atoms. The third kappa shape index (κ3) is 2.25. The van der Waals surface area contributed by atoms with Gasteiger partial charge < -0.3 is 16.2 Å². The molecule has 0 fully saturated rings. The zero-order valence-corrected chi connectivity index (χ0v) is 8.58. The van der Waals surface area contributed by atoms with Gasteiger partial charge in [-0.1, -0.05) is 6.92 Å². The Hall–Kier alpha value is -1.52. The number of nitrogens with zero attached hydrogens (tertiary/aromatic N) is 2. The van der Waals surface area contributed by atoms with Crippen molar-refractivity contribution in [2.45, 2.75) is 26.7 Å². The van der Waals surface area contributed by atoms with E-state index in [1.54, 1.807) is 0 Å². The molecule has 1 heterocycles. The maximum absolute atomic E-state index is 5.66. The Balaban J connectivity index is 3.01. The lowest BCUT2D eigenvalue weighted by Crippen LogP contribution is -2.08. The van der Waals surface area contributed by atoms with Crippen molar-refractivity contribution in [3.63, 3.8) is 0 Å². The number of aromatic nitrogens is 2. The monoisotopic (exact) mass is 196 g/mol. The van der Waals surface area contributed by atoms with Crippen molar-refractivity contribution in [3.05, 3.63) is 5.82 Å². The van der Waals surface area contributed by atoms with Crippen molar-refractivity contribution in [3.8, 4) is 5.88 Å². The first kappa shape index (κ1) is 10.6. The Morgan fingerprint density at radius 2 is 1.93 bits per heavy atom. The third-order valence-electron chi connectivity index (χ3n) is 1.74. The predicted octanol–water partition coefficient (Wildman–Crippen LogP) is 0.992. The molecule has 0 aromatic carbocycles. The fraction of sp³-hybridized carbons (Fsp3) is 0.556. The van der Waals surface area contributed by atoms with Crippen LogP contribution in [0.1, 0.15) is 26.1 Å². The van der Waals surface area contributed by atoms with Crippen molar-refractivity contribution in [2.24, 2.45) is 0 Å². The van der Waals surface area contributed by atoms with Crippen molar-refractivity contribution in [1.29, 1.82) is 0 Å². The van der Waals surface area contributed by atoms with Crippen LogP contribution in [0, 0.1) is 0 Å². The summed E-state index contributed by atoms with van der Waals surface area (Å²) >= 11 is 0. The molecular weight excluding hydrogens is 180 g/mol. The van der Waals surface area contributed by atoms with Crippen LogP contribution in [0.5, 0.6) is 5.88 Å². The molecule has 1 aromatic rings. The first-order valence-electron chi connectivity index (χ1n) is 4.73. The molecule has 0 radical (unpaired) electrons. The lowest BCUT2D eigenvalue weighted by molar-refractivity contribution is 0.327. The maximum atomic E-state index is 5.66. The highest BCUT2D eigenvalue weighted by Crippen LogP contribution is 2.23. The molecule has 0 saturated carbocycles. The molecule has 4 N–H and O–H groups in total. The smallest absolute Gasteiger partial charge is 0.242 e. The number of nitrogens with two attached hydrogens (primary N) is 2. The van der Waals surface area contributed by atoms with Crippen LogP contribution >= 0.6 is 0 Å². The summed E-state index contributed by atoms with van der Waals surface area (Å²) in [4.78, 5) is 8.24. The maximum Gasteiger partial charge on any atom is 0.242 e. The summed E-state index contributed by atoms with van der Waals surface area (Å²) in [5, 5.41) is 0. The van der Waals surface area contributed by atoms with Crippen molar-refractivity contribution in [2.75, 3.05) is 18.1 Å². The van der Waals surface area contributed by atoms with Gasteiger partial charge in [0.15, 0.2) is 5.82 Å². The van der Waals surface area contributed by atoms with Crippen LogP contribution < -0.4 is 16.2 Å². The molecule has 0 atom stereocenters. The van der Waals surface area contributed by atoms with E-state index >= 15 is 0 Å². The normalized spacial score (nSPS) is 10.1. The highest BCUT2D eigenvalue weighted by atomic mass is 16.5. The first-order chi connectivity index (χ1) is 6.69. The van der Waals surface area contributed by atoms with Crippen LogP contribution in [0.15, 0.2) is 0 Å². The van der Waals surface area contributed by atoms with Gasteiger partial charge >= 0.3 is 0 Å². The van der Waals surface area contributed by atoms with E-state index in [-0.39, 0.29) is 0 Å². The molecule has 5 heteroatoms. The molecular formula is C9H16N4O. The second kappa shape index (κ2) is 4.64. The van der Waals surface area contributed by atoms with Gasteiger partial charge in [0.2, 0.25) is 5.88 Å². The van der Waals surface area contributed by atoms with E-state index < -0.39 is 0 Å². The van der Waals surface area contributed by atoms with E-state index in [0.29, 0.717) is 29.8 Å². The lowest BCUT2D eigenvalue weighted by Gasteiger charge is -2.08. The highest BCUT2D eigenvalue weighted by molar-refractivity contribution is 5.64. The summed E-state index contributed by atoms with van der Waals surface area (Å²) in [6.45, 7) is 4.44.